The number of halogens is 1. The number of nitrogens with two attached hydrogens (primary N) is 1. The van der Waals surface area contributed by atoms with Gasteiger partial charge in [0.2, 0.25) is 0 Å². The van der Waals surface area contributed by atoms with Crippen molar-refractivity contribution >= 4 is 5.82 Å². The van der Waals surface area contributed by atoms with Crippen molar-refractivity contribution < 1.29 is 4.39 Å². The van der Waals surface area contributed by atoms with Gasteiger partial charge in [-0.05, 0) is 19.1 Å². The summed E-state index contributed by atoms with van der Waals surface area (Å²) in [4.78, 5) is 8.04. The second kappa shape index (κ2) is 4.18. The van der Waals surface area contributed by atoms with Crippen molar-refractivity contribution in [2.24, 2.45) is 0 Å². The molecule has 2 N–H and O–H groups in total. The molecule has 0 amide bonds. The van der Waals surface area contributed by atoms with Gasteiger partial charge in [0.05, 0.1) is 5.69 Å². The molecule has 5 heteroatoms. The minimum absolute atomic E-state index is 0.110. The Hall–Kier alpha value is -2.48. The molecule has 0 radical (unpaired) electrons. The van der Waals surface area contributed by atoms with Crippen LogP contribution in [0.3, 0.4) is 0 Å². The van der Waals surface area contributed by atoms with Gasteiger partial charge in [0.25, 0.3) is 0 Å². The number of nitrogen functional groups attached to an aromatic ring is 1. The standard InChI is InChI=1S/C12H9FN4/c1-7-16-11(10(6-14)12(15)17-7)8-3-2-4-9(13)5-8/h2-5H,1H3,(H2,15,16,17). The van der Waals surface area contributed by atoms with Gasteiger partial charge in [-0.15, -0.1) is 0 Å². The van der Waals surface area contributed by atoms with Crippen LogP contribution in [0.4, 0.5) is 10.2 Å². The molecule has 4 nitrogen and oxygen atoms in total. The molecule has 0 aliphatic carbocycles. The number of hydrogen-bond donors (Lipinski definition) is 1. The normalized spacial score (nSPS) is 9.94. The molecule has 2 aromatic rings. The maximum Gasteiger partial charge on any atom is 0.145 e. The predicted molar refractivity (Wildman–Crippen MR) is 61.3 cm³/mol. The molecule has 0 saturated heterocycles. The molecule has 2 rings (SSSR count). The van der Waals surface area contributed by atoms with Gasteiger partial charge in [0, 0.05) is 5.56 Å². The first-order valence-corrected chi connectivity index (χ1v) is 4.92. The molecular weight excluding hydrogens is 219 g/mol. The minimum Gasteiger partial charge on any atom is -0.382 e. The highest BCUT2D eigenvalue weighted by molar-refractivity contribution is 5.71. The summed E-state index contributed by atoms with van der Waals surface area (Å²) in [6.07, 6.45) is 0. The van der Waals surface area contributed by atoms with E-state index in [9.17, 15) is 4.39 Å². The van der Waals surface area contributed by atoms with Crippen molar-refractivity contribution in [3.05, 3.63) is 41.5 Å². The number of benzene rings is 1. The lowest BCUT2D eigenvalue weighted by Crippen LogP contribution is -2.02. The maximum atomic E-state index is 13.1. The van der Waals surface area contributed by atoms with Gasteiger partial charge in [0.15, 0.2) is 0 Å². The average molecular weight is 228 g/mol. The van der Waals surface area contributed by atoms with Crippen LogP contribution in [-0.4, -0.2) is 9.97 Å². The quantitative estimate of drug-likeness (QED) is 0.810. The van der Waals surface area contributed by atoms with Gasteiger partial charge in [-0.3, -0.25) is 0 Å². The first kappa shape index (κ1) is 11.0. The molecule has 1 heterocycles. The summed E-state index contributed by atoms with van der Waals surface area (Å²) >= 11 is 0. The van der Waals surface area contributed by atoms with Crippen LogP contribution in [0, 0.1) is 24.1 Å². The lowest BCUT2D eigenvalue weighted by Gasteiger charge is -2.06. The number of hydrogen-bond acceptors (Lipinski definition) is 4. The largest absolute Gasteiger partial charge is 0.382 e. The number of aryl methyl sites for hydroxylation is 1. The van der Waals surface area contributed by atoms with Gasteiger partial charge in [-0.25, -0.2) is 14.4 Å². The van der Waals surface area contributed by atoms with Crippen LogP contribution in [0.1, 0.15) is 11.4 Å². The van der Waals surface area contributed by atoms with E-state index in [0.29, 0.717) is 17.1 Å². The molecule has 84 valence electrons. The Morgan fingerprint density at radius 2 is 2.12 bits per heavy atom. The molecule has 1 aromatic heterocycles. The summed E-state index contributed by atoms with van der Waals surface area (Å²) in [6.45, 7) is 1.67. The lowest BCUT2D eigenvalue weighted by molar-refractivity contribution is 0.628. The molecule has 0 fully saturated rings. The number of anilines is 1. The van der Waals surface area contributed by atoms with Crippen molar-refractivity contribution in [1.29, 1.82) is 5.26 Å². The van der Waals surface area contributed by atoms with Crippen LogP contribution >= 0.6 is 0 Å². The molecule has 17 heavy (non-hydrogen) atoms. The second-order valence-corrected chi connectivity index (χ2v) is 3.50. The van der Waals surface area contributed by atoms with Gasteiger partial charge in [-0.1, -0.05) is 12.1 Å². The highest BCUT2D eigenvalue weighted by Crippen LogP contribution is 2.24. The third-order valence-corrected chi connectivity index (χ3v) is 2.26. The fourth-order valence-corrected chi connectivity index (χ4v) is 1.55. The van der Waals surface area contributed by atoms with Crippen molar-refractivity contribution in [2.75, 3.05) is 5.73 Å². The van der Waals surface area contributed by atoms with Crippen LogP contribution < -0.4 is 5.73 Å². The highest BCUT2D eigenvalue weighted by Gasteiger charge is 2.12. The molecule has 0 atom stereocenters. The van der Waals surface area contributed by atoms with E-state index in [1.54, 1.807) is 19.1 Å². The van der Waals surface area contributed by atoms with Gasteiger partial charge < -0.3 is 5.73 Å². The Labute approximate surface area is 97.6 Å². The van der Waals surface area contributed by atoms with E-state index in [0.717, 1.165) is 0 Å². The van der Waals surface area contributed by atoms with Crippen molar-refractivity contribution in [1.82, 2.24) is 9.97 Å². The zero-order valence-corrected chi connectivity index (χ0v) is 9.11. The third-order valence-electron chi connectivity index (χ3n) is 2.26. The maximum absolute atomic E-state index is 13.1. The monoisotopic (exact) mass is 228 g/mol. The summed E-state index contributed by atoms with van der Waals surface area (Å²) < 4.78 is 13.1. The minimum atomic E-state index is -0.388. The van der Waals surface area contributed by atoms with Gasteiger partial charge >= 0.3 is 0 Å². The molecule has 0 saturated carbocycles. The smallest absolute Gasteiger partial charge is 0.145 e. The molecule has 0 aliphatic heterocycles. The number of nitriles is 1. The van der Waals surface area contributed by atoms with Gasteiger partial charge in [0.1, 0.15) is 29.1 Å². The SMILES string of the molecule is Cc1nc(N)c(C#N)c(-c2cccc(F)c2)n1. The summed E-state index contributed by atoms with van der Waals surface area (Å²) in [5.74, 6) is 0.168. The highest BCUT2D eigenvalue weighted by atomic mass is 19.1. The number of nitrogens with zero attached hydrogens (tertiary/aromatic N) is 3. The fraction of sp³-hybridized carbons (Fsp3) is 0.0833. The average Bonchev–Trinajstić information content (AvgIpc) is 2.28. The zero-order chi connectivity index (χ0) is 12.4. The van der Waals surface area contributed by atoms with Crippen LogP contribution in [0.25, 0.3) is 11.3 Å². The Morgan fingerprint density at radius 1 is 1.35 bits per heavy atom. The van der Waals surface area contributed by atoms with E-state index < -0.39 is 0 Å². The second-order valence-electron chi connectivity index (χ2n) is 3.50. The van der Waals surface area contributed by atoms with E-state index in [2.05, 4.69) is 9.97 Å². The van der Waals surface area contributed by atoms with E-state index in [1.165, 1.54) is 12.1 Å². The van der Waals surface area contributed by atoms with Crippen LogP contribution in [0.15, 0.2) is 24.3 Å². The Bertz CT molecular complexity index is 616. The molecule has 0 bridgehead atoms. The van der Waals surface area contributed by atoms with E-state index in [4.69, 9.17) is 11.0 Å². The summed E-state index contributed by atoms with van der Waals surface area (Å²) in [5, 5.41) is 9.02. The van der Waals surface area contributed by atoms with E-state index in [1.807, 2.05) is 6.07 Å². The summed E-state index contributed by atoms with van der Waals surface area (Å²) in [7, 11) is 0. The fourth-order valence-electron chi connectivity index (χ4n) is 1.55. The van der Waals surface area contributed by atoms with Crippen molar-refractivity contribution in [3.63, 3.8) is 0 Å². The lowest BCUT2D eigenvalue weighted by atomic mass is 10.1. The molecule has 1 aromatic carbocycles. The Morgan fingerprint density at radius 3 is 2.76 bits per heavy atom. The molecular formula is C12H9FN4. The summed E-state index contributed by atoms with van der Waals surface area (Å²) in [6, 6.07) is 7.80. The van der Waals surface area contributed by atoms with Crippen molar-refractivity contribution in [2.45, 2.75) is 6.92 Å². The zero-order valence-electron chi connectivity index (χ0n) is 9.11. The Kier molecular flexibility index (Phi) is 2.71. The Balaban J connectivity index is 2.71. The van der Waals surface area contributed by atoms with Crippen molar-refractivity contribution in [3.8, 4) is 17.3 Å². The van der Waals surface area contributed by atoms with Crippen LogP contribution in [0.5, 0.6) is 0 Å². The predicted octanol–water partition coefficient (Wildman–Crippen LogP) is 2.04. The topological polar surface area (TPSA) is 75.6 Å². The summed E-state index contributed by atoms with van der Waals surface area (Å²) in [5.41, 5.74) is 6.68. The first-order chi connectivity index (χ1) is 8.11. The van der Waals surface area contributed by atoms with E-state index >= 15 is 0 Å². The van der Waals surface area contributed by atoms with E-state index in [-0.39, 0.29) is 17.2 Å². The van der Waals surface area contributed by atoms with Crippen LogP contribution in [-0.2, 0) is 0 Å². The van der Waals surface area contributed by atoms with Gasteiger partial charge in [-0.2, -0.15) is 5.26 Å². The van der Waals surface area contributed by atoms with Crippen LogP contribution in [0.2, 0.25) is 0 Å². The first-order valence-electron chi connectivity index (χ1n) is 4.92. The molecule has 0 aliphatic rings. The number of rotatable bonds is 1. The molecule has 0 unspecified atom stereocenters. The molecule has 0 spiro atoms. The third kappa shape index (κ3) is 2.06. The number of aromatic nitrogens is 2.